The molecule has 9 rings (SSSR count). The molecule has 0 spiro atoms. The zero-order valence-electron chi connectivity index (χ0n) is 30.8. The number of benzene rings is 8. The first-order valence-corrected chi connectivity index (χ1v) is 18.9. The number of hydrogen-bond donors (Lipinski definition) is 2. The van der Waals surface area contributed by atoms with E-state index in [1.165, 1.54) is 22.3 Å². The van der Waals surface area contributed by atoms with Crippen molar-refractivity contribution in [2.24, 2.45) is 0 Å². The maximum Gasteiger partial charge on any atom is 0.0633 e. The van der Waals surface area contributed by atoms with Crippen LogP contribution in [0.2, 0.25) is 0 Å². The molecule has 3 heteroatoms. The smallest absolute Gasteiger partial charge is 0.0633 e. The molecule has 266 valence electrons. The van der Waals surface area contributed by atoms with E-state index in [1.54, 1.807) is 0 Å². The summed E-state index contributed by atoms with van der Waals surface area (Å²) < 4.78 is 0. The van der Waals surface area contributed by atoms with Crippen LogP contribution in [0.25, 0.3) is 50.9 Å². The number of allylic oxidation sites excluding steroid dienone is 1. The van der Waals surface area contributed by atoms with Crippen molar-refractivity contribution in [1.29, 1.82) is 5.41 Å². The summed E-state index contributed by atoms with van der Waals surface area (Å²) in [5, 5.41) is 12.6. The van der Waals surface area contributed by atoms with Crippen molar-refractivity contribution in [3.8, 4) is 33.4 Å². The van der Waals surface area contributed by atoms with Gasteiger partial charge in [0.25, 0.3) is 0 Å². The predicted octanol–water partition coefficient (Wildman–Crippen LogP) is 13.7. The first-order chi connectivity index (χ1) is 27.7. The molecule has 1 aliphatic rings. The Morgan fingerprint density at radius 2 is 0.804 bits per heavy atom. The van der Waals surface area contributed by atoms with E-state index >= 15 is 0 Å². The van der Waals surface area contributed by atoms with Crippen molar-refractivity contribution in [2.75, 3.05) is 4.90 Å². The van der Waals surface area contributed by atoms with Crippen molar-refractivity contribution < 1.29 is 0 Å². The molecule has 56 heavy (non-hydrogen) atoms. The van der Waals surface area contributed by atoms with Crippen molar-refractivity contribution in [1.82, 2.24) is 5.32 Å². The molecule has 0 saturated heterocycles. The van der Waals surface area contributed by atoms with E-state index in [-0.39, 0.29) is 0 Å². The molecule has 1 aliphatic heterocycles. The average Bonchev–Trinajstić information content (AvgIpc) is 3.28. The van der Waals surface area contributed by atoms with Gasteiger partial charge in [0.2, 0.25) is 0 Å². The zero-order valence-corrected chi connectivity index (χ0v) is 30.8. The molecule has 2 N–H and O–H groups in total. The molecule has 0 bridgehead atoms. The van der Waals surface area contributed by atoms with Gasteiger partial charge in [-0.25, -0.2) is 0 Å². The van der Waals surface area contributed by atoms with Crippen LogP contribution in [0, 0.1) is 5.41 Å². The van der Waals surface area contributed by atoms with E-state index in [9.17, 15) is 0 Å². The van der Waals surface area contributed by atoms with E-state index in [1.807, 2.05) is 42.5 Å². The molecular weight excluding hydrogens is 679 g/mol. The predicted molar refractivity (Wildman–Crippen MR) is 236 cm³/mol. The van der Waals surface area contributed by atoms with Crippen LogP contribution in [0.4, 0.5) is 17.1 Å². The molecule has 3 nitrogen and oxygen atoms in total. The van der Waals surface area contributed by atoms with Gasteiger partial charge in [0.05, 0.1) is 5.71 Å². The second kappa shape index (κ2) is 15.5. The lowest BCUT2D eigenvalue weighted by Gasteiger charge is -2.27. The highest BCUT2D eigenvalue weighted by Crippen LogP contribution is 2.40. The van der Waals surface area contributed by atoms with Crippen LogP contribution >= 0.6 is 0 Å². The summed E-state index contributed by atoms with van der Waals surface area (Å²) in [6.07, 6.45) is 4.19. The van der Waals surface area contributed by atoms with Crippen LogP contribution in [0.3, 0.4) is 0 Å². The average molecular weight is 718 g/mol. The largest absolute Gasteiger partial charge is 0.354 e. The Labute approximate surface area is 328 Å². The van der Waals surface area contributed by atoms with Crippen molar-refractivity contribution in [3.63, 3.8) is 0 Å². The van der Waals surface area contributed by atoms with Gasteiger partial charge in [-0.3, -0.25) is 0 Å². The van der Waals surface area contributed by atoms with Gasteiger partial charge in [0.15, 0.2) is 0 Å². The Morgan fingerprint density at radius 1 is 0.393 bits per heavy atom. The third-order valence-corrected chi connectivity index (χ3v) is 10.3. The second-order valence-corrected chi connectivity index (χ2v) is 13.9. The first kappa shape index (κ1) is 34.3. The summed E-state index contributed by atoms with van der Waals surface area (Å²) in [7, 11) is 0. The van der Waals surface area contributed by atoms with E-state index in [4.69, 9.17) is 5.41 Å². The molecule has 8 aromatic rings. The summed E-state index contributed by atoms with van der Waals surface area (Å²) in [5.41, 5.74) is 16.7. The lowest BCUT2D eigenvalue weighted by atomic mass is 9.89. The van der Waals surface area contributed by atoms with Gasteiger partial charge in [-0.1, -0.05) is 176 Å². The maximum atomic E-state index is 8.97. The zero-order chi connectivity index (χ0) is 37.7. The lowest BCUT2D eigenvalue weighted by Crippen LogP contribution is -2.17. The molecule has 0 aliphatic carbocycles. The summed E-state index contributed by atoms with van der Waals surface area (Å²) in [5.74, 6) is 0. The SMILES string of the molecule is N=C(/C=C1\NC(c2ccccc2)=Cc2c1cccc2-c1ccc(N(c2ccc(-c3ccccc3)cc2)c2ccc(-c3ccccc3)cc2)cc1)c1ccccc1. The minimum atomic E-state index is 0.455. The van der Waals surface area contributed by atoms with Crippen LogP contribution in [-0.2, 0) is 0 Å². The fourth-order valence-electron chi connectivity index (χ4n) is 7.44. The fraction of sp³-hybridized carbons (Fsp3) is 0. The standard InChI is InChI=1S/C53H39N3/c54-51(43-18-9-3-10-19-43)37-53-49-23-13-22-48(50(49)36-52(55-53)44-20-11-4-12-21-44)42-28-34-47(35-29-42)56(45-30-24-40(25-31-45)38-14-5-1-6-15-38)46-32-26-41(27-33-46)39-16-7-2-8-17-39/h1-37,54-55H/b53-37-,54-51?. The molecule has 0 atom stereocenters. The van der Waals surface area contributed by atoms with Crippen molar-refractivity contribution in [2.45, 2.75) is 0 Å². The van der Waals surface area contributed by atoms with E-state index < -0.39 is 0 Å². The molecule has 1 heterocycles. The number of anilines is 3. The molecule has 0 fully saturated rings. The Morgan fingerprint density at radius 3 is 1.30 bits per heavy atom. The van der Waals surface area contributed by atoms with Gasteiger partial charge in [-0.05, 0) is 98.6 Å². The summed E-state index contributed by atoms with van der Waals surface area (Å²) in [6, 6.07) is 74.3. The normalized spacial score (nSPS) is 12.6. The number of rotatable bonds is 9. The minimum Gasteiger partial charge on any atom is -0.354 e. The van der Waals surface area contributed by atoms with Gasteiger partial charge in [0, 0.05) is 34.0 Å². The fourth-order valence-corrected chi connectivity index (χ4v) is 7.44. The van der Waals surface area contributed by atoms with Gasteiger partial charge in [-0.2, -0.15) is 0 Å². The Kier molecular flexibility index (Phi) is 9.47. The molecular formula is C53H39N3. The molecule has 0 aromatic heterocycles. The third-order valence-electron chi connectivity index (χ3n) is 10.3. The van der Waals surface area contributed by atoms with Crippen LogP contribution < -0.4 is 10.2 Å². The van der Waals surface area contributed by atoms with Crippen LogP contribution in [-0.4, -0.2) is 5.71 Å². The maximum absolute atomic E-state index is 8.97. The van der Waals surface area contributed by atoms with Gasteiger partial charge >= 0.3 is 0 Å². The monoisotopic (exact) mass is 717 g/mol. The minimum absolute atomic E-state index is 0.455. The van der Waals surface area contributed by atoms with E-state index in [2.05, 4.69) is 192 Å². The molecule has 8 aromatic carbocycles. The Bertz CT molecular complexity index is 2580. The van der Waals surface area contributed by atoms with Crippen LogP contribution in [0.1, 0.15) is 22.3 Å². The first-order valence-electron chi connectivity index (χ1n) is 18.9. The van der Waals surface area contributed by atoms with Gasteiger partial charge < -0.3 is 15.6 Å². The summed E-state index contributed by atoms with van der Waals surface area (Å²) >= 11 is 0. The molecule has 0 amide bonds. The van der Waals surface area contributed by atoms with Gasteiger partial charge in [-0.15, -0.1) is 0 Å². The topological polar surface area (TPSA) is 39.1 Å². The number of nitrogens with zero attached hydrogens (tertiary/aromatic N) is 1. The lowest BCUT2D eigenvalue weighted by molar-refractivity contribution is 1.22. The van der Waals surface area contributed by atoms with Crippen LogP contribution in [0.15, 0.2) is 218 Å². The van der Waals surface area contributed by atoms with E-state index in [0.717, 1.165) is 61.8 Å². The van der Waals surface area contributed by atoms with Gasteiger partial charge in [0.1, 0.15) is 0 Å². The highest BCUT2D eigenvalue weighted by molar-refractivity contribution is 6.12. The van der Waals surface area contributed by atoms with Crippen molar-refractivity contribution >= 4 is 40.2 Å². The Balaban J connectivity index is 1.11. The number of hydrogen-bond acceptors (Lipinski definition) is 3. The Hall–Kier alpha value is -7.49. The highest BCUT2D eigenvalue weighted by atomic mass is 15.1. The summed E-state index contributed by atoms with van der Waals surface area (Å²) in [4.78, 5) is 2.32. The quantitative estimate of drug-likeness (QED) is 0.146. The van der Waals surface area contributed by atoms with Crippen LogP contribution in [0.5, 0.6) is 0 Å². The molecule has 0 radical (unpaired) electrons. The number of nitrogens with one attached hydrogen (secondary N) is 2. The number of fused-ring (bicyclic) bond motifs is 1. The van der Waals surface area contributed by atoms with Crippen molar-refractivity contribution in [3.05, 3.63) is 241 Å². The molecule has 0 saturated carbocycles. The second-order valence-electron chi connectivity index (χ2n) is 13.9. The molecule has 0 unspecified atom stereocenters. The summed E-state index contributed by atoms with van der Waals surface area (Å²) in [6.45, 7) is 0. The third kappa shape index (κ3) is 7.10. The van der Waals surface area contributed by atoms with E-state index in [0.29, 0.717) is 5.71 Å². The highest BCUT2D eigenvalue weighted by Gasteiger charge is 2.21.